The molecule has 2 rings (SSSR count). The zero-order chi connectivity index (χ0) is 13.0. The van der Waals surface area contributed by atoms with E-state index < -0.39 is 5.82 Å². The van der Waals surface area contributed by atoms with Gasteiger partial charge in [0.15, 0.2) is 5.82 Å². The van der Waals surface area contributed by atoms with Crippen LogP contribution in [0.1, 0.15) is 30.1 Å². The third-order valence-electron chi connectivity index (χ3n) is 3.31. The number of hydrogen-bond donors (Lipinski definition) is 1. The van der Waals surface area contributed by atoms with Crippen molar-refractivity contribution in [3.8, 4) is 0 Å². The van der Waals surface area contributed by atoms with Crippen molar-refractivity contribution in [1.82, 2.24) is 15.2 Å². The van der Waals surface area contributed by atoms with Gasteiger partial charge in [0, 0.05) is 18.8 Å². The van der Waals surface area contributed by atoms with Gasteiger partial charge in [0.1, 0.15) is 0 Å². The van der Waals surface area contributed by atoms with Crippen molar-refractivity contribution >= 4 is 5.91 Å². The van der Waals surface area contributed by atoms with Gasteiger partial charge < -0.3 is 10.2 Å². The number of aromatic nitrogens is 1. The number of pyridine rings is 1. The summed E-state index contributed by atoms with van der Waals surface area (Å²) in [6.45, 7) is 5.00. The molecule has 4 nitrogen and oxygen atoms in total. The number of carbonyl (C=O) groups is 1. The number of amides is 1. The number of likely N-dealkylation sites (tertiary alicyclic amines) is 1. The van der Waals surface area contributed by atoms with Gasteiger partial charge in [0.05, 0.1) is 11.8 Å². The Balaban J connectivity index is 1.97. The van der Waals surface area contributed by atoms with E-state index in [1.807, 2.05) is 0 Å². The van der Waals surface area contributed by atoms with Crippen LogP contribution in [0.2, 0.25) is 0 Å². The first kappa shape index (κ1) is 13.0. The number of nitrogens with zero attached hydrogens (tertiary/aromatic N) is 2. The molecule has 0 aliphatic carbocycles. The molecule has 1 unspecified atom stereocenters. The number of nitrogens with one attached hydrogen (secondary N) is 1. The minimum absolute atomic E-state index is 0.0682. The van der Waals surface area contributed by atoms with Gasteiger partial charge in [-0.3, -0.25) is 9.78 Å². The van der Waals surface area contributed by atoms with E-state index in [0.29, 0.717) is 0 Å². The van der Waals surface area contributed by atoms with E-state index in [0.717, 1.165) is 38.7 Å². The van der Waals surface area contributed by atoms with Gasteiger partial charge in [-0.1, -0.05) is 6.92 Å². The first-order valence-electron chi connectivity index (χ1n) is 6.33. The molecule has 2 heterocycles. The summed E-state index contributed by atoms with van der Waals surface area (Å²) < 4.78 is 13.4. The predicted octanol–water partition coefficient (Wildman–Crippen LogP) is 1.43. The summed E-state index contributed by atoms with van der Waals surface area (Å²) >= 11 is 0. The standard InChI is InChI=1S/C13H18FN3O/c1-2-17-7-3-4-10(9-17)16-13(18)11-5-6-15-8-12(11)14/h5-6,8,10H,2-4,7,9H2,1H3,(H,16,18). The van der Waals surface area contributed by atoms with Crippen molar-refractivity contribution in [3.63, 3.8) is 0 Å². The van der Waals surface area contributed by atoms with Crippen molar-refractivity contribution < 1.29 is 9.18 Å². The van der Waals surface area contributed by atoms with Crippen molar-refractivity contribution in [2.75, 3.05) is 19.6 Å². The zero-order valence-corrected chi connectivity index (χ0v) is 10.5. The molecule has 1 N–H and O–H groups in total. The second kappa shape index (κ2) is 5.91. The lowest BCUT2D eigenvalue weighted by Gasteiger charge is -2.32. The quantitative estimate of drug-likeness (QED) is 0.884. The Labute approximate surface area is 106 Å². The van der Waals surface area contributed by atoms with E-state index in [1.165, 1.54) is 12.3 Å². The van der Waals surface area contributed by atoms with E-state index in [1.54, 1.807) is 0 Å². The van der Waals surface area contributed by atoms with Gasteiger partial charge in [-0.25, -0.2) is 4.39 Å². The second-order valence-corrected chi connectivity index (χ2v) is 4.56. The van der Waals surface area contributed by atoms with Crippen LogP contribution in [0, 0.1) is 5.82 Å². The van der Waals surface area contributed by atoms with E-state index in [9.17, 15) is 9.18 Å². The lowest BCUT2D eigenvalue weighted by Crippen LogP contribution is -2.47. The van der Waals surface area contributed by atoms with Crippen LogP contribution in [-0.2, 0) is 0 Å². The van der Waals surface area contributed by atoms with E-state index in [4.69, 9.17) is 0 Å². The molecule has 1 aliphatic heterocycles. The van der Waals surface area contributed by atoms with Gasteiger partial charge in [-0.05, 0) is 32.0 Å². The average Bonchev–Trinajstić information content (AvgIpc) is 2.39. The first-order chi connectivity index (χ1) is 8.70. The van der Waals surface area contributed by atoms with Gasteiger partial charge in [0.25, 0.3) is 5.91 Å². The minimum atomic E-state index is -0.571. The number of carbonyl (C=O) groups excluding carboxylic acids is 1. The molecule has 1 aliphatic rings. The molecule has 0 bridgehead atoms. The number of hydrogen-bond acceptors (Lipinski definition) is 3. The summed E-state index contributed by atoms with van der Waals surface area (Å²) in [5, 5.41) is 2.89. The highest BCUT2D eigenvalue weighted by atomic mass is 19.1. The molecule has 1 aromatic rings. The molecule has 5 heteroatoms. The SMILES string of the molecule is CCN1CCCC(NC(=O)c2ccncc2F)C1. The third kappa shape index (κ3) is 3.04. The molecule has 0 spiro atoms. The average molecular weight is 251 g/mol. The number of piperidine rings is 1. The molecular weight excluding hydrogens is 233 g/mol. The Bertz CT molecular complexity index is 424. The fourth-order valence-corrected chi connectivity index (χ4v) is 2.28. The Kier molecular flexibility index (Phi) is 4.25. The Hall–Kier alpha value is -1.49. The maximum Gasteiger partial charge on any atom is 0.254 e. The van der Waals surface area contributed by atoms with Gasteiger partial charge >= 0.3 is 0 Å². The number of halogens is 1. The molecular formula is C13H18FN3O. The topological polar surface area (TPSA) is 45.2 Å². The molecule has 18 heavy (non-hydrogen) atoms. The molecule has 0 aromatic carbocycles. The maximum absolute atomic E-state index is 13.4. The number of likely N-dealkylation sites (N-methyl/N-ethyl adjacent to an activating group) is 1. The van der Waals surface area contributed by atoms with Crippen molar-refractivity contribution in [2.24, 2.45) is 0 Å². The molecule has 1 amide bonds. The molecule has 0 saturated carbocycles. The van der Waals surface area contributed by atoms with Crippen LogP contribution in [0.3, 0.4) is 0 Å². The van der Waals surface area contributed by atoms with Crippen LogP contribution in [0.5, 0.6) is 0 Å². The number of rotatable bonds is 3. The van der Waals surface area contributed by atoms with Crippen LogP contribution in [0.4, 0.5) is 4.39 Å². The summed E-state index contributed by atoms with van der Waals surface area (Å²) in [7, 11) is 0. The zero-order valence-electron chi connectivity index (χ0n) is 10.5. The predicted molar refractivity (Wildman–Crippen MR) is 66.8 cm³/mol. The fraction of sp³-hybridized carbons (Fsp3) is 0.538. The summed E-state index contributed by atoms with van der Waals surface area (Å²) in [5.74, 6) is -0.920. The highest BCUT2D eigenvalue weighted by molar-refractivity contribution is 5.94. The smallest absolute Gasteiger partial charge is 0.254 e. The van der Waals surface area contributed by atoms with E-state index in [2.05, 4.69) is 22.1 Å². The first-order valence-corrected chi connectivity index (χ1v) is 6.33. The summed E-state index contributed by atoms with van der Waals surface area (Å²) in [6, 6.07) is 1.52. The highest BCUT2D eigenvalue weighted by Crippen LogP contribution is 2.11. The van der Waals surface area contributed by atoms with Gasteiger partial charge in [-0.2, -0.15) is 0 Å². The molecule has 98 valence electrons. The van der Waals surface area contributed by atoms with Crippen LogP contribution in [-0.4, -0.2) is 41.5 Å². The lowest BCUT2D eigenvalue weighted by molar-refractivity contribution is 0.0901. The van der Waals surface area contributed by atoms with Gasteiger partial charge in [-0.15, -0.1) is 0 Å². The summed E-state index contributed by atoms with van der Waals surface area (Å²) in [6.07, 6.45) is 4.51. The van der Waals surface area contributed by atoms with Crippen molar-refractivity contribution in [1.29, 1.82) is 0 Å². The normalized spacial score (nSPS) is 20.7. The maximum atomic E-state index is 13.4. The van der Waals surface area contributed by atoms with Crippen LogP contribution in [0.25, 0.3) is 0 Å². The monoisotopic (exact) mass is 251 g/mol. The highest BCUT2D eigenvalue weighted by Gasteiger charge is 2.21. The van der Waals surface area contributed by atoms with Crippen molar-refractivity contribution in [3.05, 3.63) is 29.8 Å². The second-order valence-electron chi connectivity index (χ2n) is 4.56. The molecule has 1 atom stereocenters. The third-order valence-corrected chi connectivity index (χ3v) is 3.31. The molecule has 0 radical (unpaired) electrons. The van der Waals surface area contributed by atoms with E-state index >= 15 is 0 Å². The Morgan fingerprint density at radius 1 is 1.67 bits per heavy atom. The summed E-state index contributed by atoms with van der Waals surface area (Å²) in [5.41, 5.74) is 0.0682. The summed E-state index contributed by atoms with van der Waals surface area (Å²) in [4.78, 5) is 17.9. The Morgan fingerprint density at radius 3 is 3.22 bits per heavy atom. The molecule has 1 saturated heterocycles. The lowest BCUT2D eigenvalue weighted by atomic mass is 10.1. The van der Waals surface area contributed by atoms with Crippen LogP contribution < -0.4 is 5.32 Å². The van der Waals surface area contributed by atoms with Crippen molar-refractivity contribution in [2.45, 2.75) is 25.8 Å². The van der Waals surface area contributed by atoms with Gasteiger partial charge in [0.2, 0.25) is 0 Å². The van der Waals surface area contributed by atoms with Crippen LogP contribution in [0.15, 0.2) is 18.5 Å². The van der Waals surface area contributed by atoms with Crippen LogP contribution >= 0.6 is 0 Å². The molecule has 1 aromatic heterocycles. The minimum Gasteiger partial charge on any atom is -0.348 e. The molecule has 1 fully saturated rings. The largest absolute Gasteiger partial charge is 0.348 e. The fourth-order valence-electron chi connectivity index (χ4n) is 2.28. The van der Waals surface area contributed by atoms with E-state index in [-0.39, 0.29) is 17.5 Å². The Morgan fingerprint density at radius 2 is 2.50 bits per heavy atom.